The fourth-order valence-corrected chi connectivity index (χ4v) is 2.36. The van der Waals surface area contributed by atoms with Gasteiger partial charge in [0.25, 0.3) is 0 Å². The molecule has 0 radical (unpaired) electrons. The molecule has 2 aromatic rings. The van der Waals surface area contributed by atoms with Crippen molar-refractivity contribution in [3.63, 3.8) is 0 Å². The van der Waals surface area contributed by atoms with Crippen molar-refractivity contribution in [2.45, 2.75) is 6.54 Å². The summed E-state index contributed by atoms with van der Waals surface area (Å²) < 4.78 is 15.8. The number of benzene rings is 2. The van der Waals surface area contributed by atoms with Gasteiger partial charge in [0, 0.05) is 29.4 Å². The zero-order valence-corrected chi connectivity index (χ0v) is 15.1. The van der Waals surface area contributed by atoms with E-state index in [2.05, 4.69) is 10.6 Å². The molecule has 1 amide bonds. The van der Waals surface area contributed by atoms with Gasteiger partial charge >= 0.3 is 0 Å². The van der Waals surface area contributed by atoms with Crippen LogP contribution >= 0.6 is 11.6 Å². The van der Waals surface area contributed by atoms with Crippen molar-refractivity contribution in [3.8, 4) is 17.2 Å². The highest BCUT2D eigenvalue weighted by molar-refractivity contribution is 6.30. The summed E-state index contributed by atoms with van der Waals surface area (Å²) in [6, 6.07) is 10.8. The molecule has 2 rings (SSSR count). The van der Waals surface area contributed by atoms with Gasteiger partial charge in [-0.2, -0.15) is 0 Å². The second-order valence-corrected chi connectivity index (χ2v) is 5.61. The average Bonchev–Trinajstić information content (AvgIpc) is 2.64. The second kappa shape index (κ2) is 9.03. The molecule has 0 aromatic heterocycles. The monoisotopic (exact) mass is 364 g/mol. The fourth-order valence-electron chi connectivity index (χ4n) is 2.23. The predicted molar refractivity (Wildman–Crippen MR) is 97.9 cm³/mol. The van der Waals surface area contributed by atoms with Gasteiger partial charge < -0.3 is 24.8 Å². The number of hydrogen-bond donors (Lipinski definition) is 2. The van der Waals surface area contributed by atoms with E-state index in [1.165, 1.54) is 7.11 Å². The van der Waals surface area contributed by atoms with E-state index in [1.54, 1.807) is 38.5 Å². The number of ether oxygens (including phenoxy) is 3. The minimum Gasteiger partial charge on any atom is -0.493 e. The van der Waals surface area contributed by atoms with E-state index < -0.39 is 0 Å². The zero-order valence-electron chi connectivity index (χ0n) is 14.4. The van der Waals surface area contributed by atoms with Crippen molar-refractivity contribution < 1.29 is 19.0 Å². The Morgan fingerprint density at radius 3 is 2.12 bits per heavy atom. The molecule has 25 heavy (non-hydrogen) atoms. The maximum Gasteiger partial charge on any atom is 0.239 e. The quantitative estimate of drug-likeness (QED) is 0.753. The number of carbonyl (C=O) groups excluding carboxylic acids is 1. The van der Waals surface area contributed by atoms with Crippen LogP contribution in [-0.4, -0.2) is 33.8 Å². The Bertz CT molecular complexity index is 695. The molecule has 134 valence electrons. The van der Waals surface area contributed by atoms with Crippen molar-refractivity contribution in [1.82, 2.24) is 5.32 Å². The standard InChI is InChI=1S/C18H21ClN2O4/c1-23-15-8-14(9-16(24-2)18(15)25-3)20-11-17(22)21-10-12-4-6-13(19)7-5-12/h4-9,20H,10-11H2,1-3H3,(H,21,22). The molecule has 0 unspecified atom stereocenters. The number of nitrogens with one attached hydrogen (secondary N) is 2. The van der Waals surface area contributed by atoms with Crippen molar-refractivity contribution >= 4 is 23.2 Å². The molecule has 0 aliphatic heterocycles. The zero-order chi connectivity index (χ0) is 18.2. The topological polar surface area (TPSA) is 68.8 Å². The first-order valence-corrected chi connectivity index (χ1v) is 8.00. The van der Waals surface area contributed by atoms with Crippen molar-refractivity contribution in [2.24, 2.45) is 0 Å². The van der Waals surface area contributed by atoms with Crippen LogP contribution in [0, 0.1) is 0 Å². The molecule has 0 saturated carbocycles. The Morgan fingerprint density at radius 1 is 1.00 bits per heavy atom. The highest BCUT2D eigenvalue weighted by Crippen LogP contribution is 2.39. The Balaban J connectivity index is 1.93. The summed E-state index contributed by atoms with van der Waals surface area (Å²) in [6.07, 6.45) is 0. The summed E-state index contributed by atoms with van der Waals surface area (Å²) in [6.45, 7) is 0.555. The smallest absolute Gasteiger partial charge is 0.239 e. The maximum absolute atomic E-state index is 12.0. The van der Waals surface area contributed by atoms with Gasteiger partial charge in [-0.15, -0.1) is 0 Å². The third kappa shape index (κ3) is 5.19. The summed E-state index contributed by atoms with van der Waals surface area (Å²) in [5, 5.41) is 6.54. The van der Waals surface area contributed by atoms with Gasteiger partial charge in [0.05, 0.1) is 27.9 Å². The van der Waals surface area contributed by atoms with E-state index >= 15 is 0 Å². The van der Waals surface area contributed by atoms with Gasteiger partial charge in [0.15, 0.2) is 11.5 Å². The summed E-state index contributed by atoms with van der Waals surface area (Å²) in [7, 11) is 4.62. The van der Waals surface area contributed by atoms with Gasteiger partial charge in [0.2, 0.25) is 11.7 Å². The number of carbonyl (C=O) groups is 1. The minimum absolute atomic E-state index is 0.117. The summed E-state index contributed by atoms with van der Waals surface area (Å²) >= 11 is 5.84. The number of amides is 1. The molecule has 0 aliphatic rings. The lowest BCUT2D eigenvalue weighted by Crippen LogP contribution is -2.29. The van der Waals surface area contributed by atoms with Crippen LogP contribution in [-0.2, 0) is 11.3 Å². The van der Waals surface area contributed by atoms with E-state index in [0.29, 0.717) is 34.5 Å². The molecule has 6 nitrogen and oxygen atoms in total. The lowest BCUT2D eigenvalue weighted by Gasteiger charge is -2.15. The van der Waals surface area contributed by atoms with Crippen LogP contribution in [0.2, 0.25) is 5.02 Å². The first-order valence-electron chi connectivity index (χ1n) is 7.62. The van der Waals surface area contributed by atoms with E-state index in [1.807, 2.05) is 12.1 Å². The Morgan fingerprint density at radius 2 is 1.60 bits per heavy atom. The van der Waals surface area contributed by atoms with Gasteiger partial charge in [-0.25, -0.2) is 0 Å². The average molecular weight is 365 g/mol. The molecule has 0 bridgehead atoms. The van der Waals surface area contributed by atoms with Gasteiger partial charge in [-0.05, 0) is 17.7 Å². The number of anilines is 1. The van der Waals surface area contributed by atoms with Crippen LogP contribution in [0.1, 0.15) is 5.56 Å². The van der Waals surface area contributed by atoms with Gasteiger partial charge in [0.1, 0.15) is 0 Å². The molecule has 0 saturated heterocycles. The summed E-state index contributed by atoms with van der Waals surface area (Å²) in [4.78, 5) is 12.0. The van der Waals surface area contributed by atoms with Crippen LogP contribution in [0.25, 0.3) is 0 Å². The number of rotatable bonds is 8. The van der Waals surface area contributed by atoms with Crippen LogP contribution in [0.4, 0.5) is 5.69 Å². The Labute approximate surface area is 152 Å². The van der Waals surface area contributed by atoms with E-state index in [4.69, 9.17) is 25.8 Å². The lowest BCUT2D eigenvalue weighted by molar-refractivity contribution is -0.119. The van der Waals surface area contributed by atoms with E-state index in [9.17, 15) is 4.79 Å². The van der Waals surface area contributed by atoms with Crippen LogP contribution < -0.4 is 24.8 Å². The van der Waals surface area contributed by atoms with Crippen LogP contribution in [0.3, 0.4) is 0 Å². The molecule has 2 N–H and O–H groups in total. The van der Waals surface area contributed by atoms with Crippen LogP contribution in [0.15, 0.2) is 36.4 Å². The van der Waals surface area contributed by atoms with Crippen LogP contribution in [0.5, 0.6) is 17.2 Å². The SMILES string of the molecule is COc1cc(NCC(=O)NCc2ccc(Cl)cc2)cc(OC)c1OC. The number of hydrogen-bond acceptors (Lipinski definition) is 5. The first kappa shape index (κ1) is 18.7. The molecule has 0 heterocycles. The molecular formula is C18H21ClN2O4. The number of methoxy groups -OCH3 is 3. The first-order chi connectivity index (χ1) is 12.1. The molecule has 2 aromatic carbocycles. The third-order valence-corrected chi connectivity index (χ3v) is 3.77. The molecule has 7 heteroatoms. The highest BCUT2D eigenvalue weighted by atomic mass is 35.5. The Kier molecular flexibility index (Phi) is 6.77. The highest BCUT2D eigenvalue weighted by Gasteiger charge is 2.13. The minimum atomic E-state index is -0.135. The molecule has 0 spiro atoms. The normalized spacial score (nSPS) is 10.1. The van der Waals surface area contributed by atoms with E-state index in [-0.39, 0.29) is 12.5 Å². The Hall–Kier alpha value is -2.60. The summed E-state index contributed by atoms with van der Waals surface area (Å²) in [5.74, 6) is 1.41. The summed E-state index contributed by atoms with van der Waals surface area (Å²) in [5.41, 5.74) is 1.67. The second-order valence-electron chi connectivity index (χ2n) is 5.17. The number of halogens is 1. The molecular weight excluding hydrogens is 344 g/mol. The maximum atomic E-state index is 12.0. The molecule has 0 aliphatic carbocycles. The van der Waals surface area contributed by atoms with Gasteiger partial charge in [-0.3, -0.25) is 4.79 Å². The third-order valence-electron chi connectivity index (χ3n) is 3.52. The van der Waals surface area contributed by atoms with Crippen molar-refractivity contribution in [2.75, 3.05) is 33.2 Å². The fraction of sp³-hybridized carbons (Fsp3) is 0.278. The van der Waals surface area contributed by atoms with E-state index in [0.717, 1.165) is 5.56 Å². The predicted octanol–water partition coefficient (Wildman–Crippen LogP) is 3.09. The largest absolute Gasteiger partial charge is 0.493 e. The molecule has 0 fully saturated rings. The van der Waals surface area contributed by atoms with Crippen molar-refractivity contribution in [3.05, 3.63) is 47.0 Å². The molecule has 0 atom stereocenters. The van der Waals surface area contributed by atoms with Gasteiger partial charge in [-0.1, -0.05) is 23.7 Å². The van der Waals surface area contributed by atoms with Crippen molar-refractivity contribution in [1.29, 1.82) is 0 Å². The lowest BCUT2D eigenvalue weighted by atomic mass is 10.2.